The van der Waals surface area contributed by atoms with Crippen molar-refractivity contribution in [2.24, 2.45) is 0 Å². The molecule has 2 aliphatic rings. The maximum Gasteiger partial charge on any atom is 0.301 e. The molecular formula is C25H24FN5O6S. The number of nitrogens with zero attached hydrogens (tertiary/aromatic N) is 5. The first kappa shape index (κ1) is 24.4. The highest BCUT2D eigenvalue weighted by molar-refractivity contribution is 7.93. The number of fused-ring (bicyclic) bond motifs is 1. The van der Waals surface area contributed by atoms with Crippen LogP contribution in [0.15, 0.2) is 51.9 Å². The van der Waals surface area contributed by atoms with Gasteiger partial charge in [-0.3, -0.25) is 13.5 Å². The maximum atomic E-state index is 13.4. The van der Waals surface area contributed by atoms with E-state index >= 15 is 0 Å². The van der Waals surface area contributed by atoms with Crippen LogP contribution in [0.1, 0.15) is 17.7 Å². The average molecular weight is 542 g/mol. The fourth-order valence-electron chi connectivity index (χ4n) is 4.74. The van der Waals surface area contributed by atoms with Gasteiger partial charge in [0.25, 0.3) is 0 Å². The summed E-state index contributed by atoms with van der Waals surface area (Å²) >= 11 is 0. The van der Waals surface area contributed by atoms with Crippen LogP contribution in [-0.4, -0.2) is 66.5 Å². The summed E-state index contributed by atoms with van der Waals surface area (Å²) in [4.78, 5) is 24.0. The van der Waals surface area contributed by atoms with Gasteiger partial charge in [0.15, 0.2) is 11.3 Å². The van der Waals surface area contributed by atoms with E-state index in [1.165, 1.54) is 22.6 Å². The zero-order chi connectivity index (χ0) is 26.4. The largest absolute Gasteiger partial charge is 0.501 e. The first-order chi connectivity index (χ1) is 18.3. The Kier molecular flexibility index (Phi) is 6.03. The predicted octanol–water partition coefficient (Wildman–Crippen LogP) is 2.16. The van der Waals surface area contributed by atoms with Gasteiger partial charge in [-0.05, 0) is 30.2 Å². The highest BCUT2D eigenvalue weighted by Gasteiger charge is 2.32. The minimum Gasteiger partial charge on any atom is -0.501 e. The monoisotopic (exact) mass is 541 g/mol. The number of ether oxygens (including phenoxy) is 1. The topological polar surface area (TPSA) is 130 Å². The first-order valence-corrected chi connectivity index (χ1v) is 13.7. The van der Waals surface area contributed by atoms with Crippen molar-refractivity contribution in [3.8, 4) is 17.3 Å². The number of aromatic hydroxyl groups is 1. The van der Waals surface area contributed by atoms with Gasteiger partial charge in [0.2, 0.25) is 21.7 Å². The third-order valence-corrected chi connectivity index (χ3v) is 8.51. The Morgan fingerprint density at radius 2 is 1.87 bits per heavy atom. The lowest BCUT2D eigenvalue weighted by Crippen LogP contribution is -2.37. The van der Waals surface area contributed by atoms with Crippen LogP contribution in [0.2, 0.25) is 0 Å². The van der Waals surface area contributed by atoms with Gasteiger partial charge >= 0.3 is 5.56 Å². The third kappa shape index (κ3) is 4.37. The first-order valence-electron chi connectivity index (χ1n) is 12.1. The number of rotatable bonds is 5. The summed E-state index contributed by atoms with van der Waals surface area (Å²) in [5, 5.41) is 10.8. The number of halogens is 1. The van der Waals surface area contributed by atoms with E-state index in [2.05, 4.69) is 9.97 Å². The second kappa shape index (κ2) is 9.40. The maximum absolute atomic E-state index is 13.4. The Labute approximate surface area is 216 Å². The zero-order valence-corrected chi connectivity index (χ0v) is 21.0. The molecular weight excluding hydrogens is 517 g/mol. The summed E-state index contributed by atoms with van der Waals surface area (Å²) in [5.74, 6) is -0.718. The molecule has 1 N–H and O–H groups in total. The molecule has 0 aliphatic carbocycles. The number of pyridine rings is 1. The van der Waals surface area contributed by atoms with Crippen molar-refractivity contribution in [2.45, 2.75) is 12.8 Å². The van der Waals surface area contributed by atoms with Crippen LogP contribution < -0.4 is 14.8 Å². The van der Waals surface area contributed by atoms with Crippen LogP contribution in [0.5, 0.6) is 5.75 Å². The van der Waals surface area contributed by atoms with Crippen LogP contribution in [0, 0.1) is 5.82 Å². The third-order valence-electron chi connectivity index (χ3n) is 6.66. The van der Waals surface area contributed by atoms with Gasteiger partial charge in [0.1, 0.15) is 11.6 Å². The molecule has 11 nitrogen and oxygen atoms in total. The Morgan fingerprint density at radius 1 is 1.11 bits per heavy atom. The predicted molar refractivity (Wildman–Crippen MR) is 137 cm³/mol. The Morgan fingerprint density at radius 3 is 2.58 bits per heavy atom. The van der Waals surface area contributed by atoms with Gasteiger partial charge in [-0.1, -0.05) is 12.1 Å². The minimum absolute atomic E-state index is 0.0113. The van der Waals surface area contributed by atoms with Crippen molar-refractivity contribution in [1.29, 1.82) is 0 Å². The van der Waals surface area contributed by atoms with Crippen LogP contribution >= 0.6 is 0 Å². The zero-order valence-electron chi connectivity index (χ0n) is 20.2. The highest BCUT2D eigenvalue weighted by Crippen LogP contribution is 2.34. The van der Waals surface area contributed by atoms with E-state index in [-0.39, 0.29) is 41.0 Å². The number of hydrogen-bond donors (Lipinski definition) is 1. The molecule has 0 unspecified atom stereocenters. The number of oxazole rings is 1. The lowest BCUT2D eigenvalue weighted by Gasteiger charge is -2.30. The van der Waals surface area contributed by atoms with Crippen molar-refractivity contribution >= 4 is 27.0 Å². The summed E-state index contributed by atoms with van der Waals surface area (Å²) in [7, 11) is -3.61. The summed E-state index contributed by atoms with van der Waals surface area (Å²) in [6, 6.07) is 7.61. The van der Waals surface area contributed by atoms with Gasteiger partial charge in [0, 0.05) is 32.3 Å². The van der Waals surface area contributed by atoms with Crippen molar-refractivity contribution in [1.82, 2.24) is 14.4 Å². The number of anilines is 2. The molecule has 13 heteroatoms. The Bertz CT molecular complexity index is 1680. The molecule has 0 bridgehead atoms. The van der Waals surface area contributed by atoms with Crippen molar-refractivity contribution in [3.63, 3.8) is 0 Å². The minimum atomic E-state index is -3.61. The van der Waals surface area contributed by atoms with Gasteiger partial charge in [-0.15, -0.1) is 0 Å². The van der Waals surface area contributed by atoms with E-state index < -0.39 is 21.3 Å². The second-order valence-electron chi connectivity index (χ2n) is 9.17. The Hall–Kier alpha value is -3.97. The standard InChI is InChI=1S/C25H24FN5O6S/c26-17-4-2-16(3-5-17)12-19-14-27-24(37-19)21-22(32)25(33)30-15-18(29-7-9-36-10-8-29)13-20(23(30)28-21)31-6-1-11-38(31,34)35/h2-5,13-15,32H,1,6-12H2. The quantitative estimate of drug-likeness (QED) is 0.404. The molecule has 0 saturated carbocycles. The molecule has 0 amide bonds. The van der Waals surface area contributed by atoms with E-state index in [1.807, 2.05) is 4.90 Å². The number of benzene rings is 1. The molecule has 38 heavy (non-hydrogen) atoms. The smallest absolute Gasteiger partial charge is 0.301 e. The second-order valence-corrected chi connectivity index (χ2v) is 11.2. The summed E-state index contributed by atoms with van der Waals surface area (Å²) in [5.41, 5.74) is 0.716. The molecule has 2 fully saturated rings. The van der Waals surface area contributed by atoms with Gasteiger partial charge < -0.3 is 19.2 Å². The van der Waals surface area contributed by atoms with Crippen molar-refractivity contribution in [3.05, 3.63) is 70.2 Å². The molecule has 2 saturated heterocycles. The lowest BCUT2D eigenvalue weighted by atomic mass is 10.1. The SMILES string of the molecule is O=c1c(O)c(-c2ncc(Cc3ccc(F)cc3)o2)nc2c(N3CCCS3(=O)=O)cc(N3CCOCC3)cn12. The van der Waals surface area contributed by atoms with Gasteiger partial charge in [-0.2, -0.15) is 0 Å². The molecule has 0 radical (unpaired) electrons. The van der Waals surface area contributed by atoms with Crippen molar-refractivity contribution in [2.75, 3.05) is 47.8 Å². The Balaban J connectivity index is 1.48. The summed E-state index contributed by atoms with van der Waals surface area (Å²) < 4.78 is 52.6. The number of aromatic nitrogens is 3. The molecule has 0 atom stereocenters. The normalized spacial score (nSPS) is 17.4. The molecule has 4 aromatic rings. The van der Waals surface area contributed by atoms with Gasteiger partial charge in [0.05, 0.1) is 36.5 Å². The van der Waals surface area contributed by atoms with E-state index in [1.54, 1.807) is 24.4 Å². The highest BCUT2D eigenvalue weighted by atomic mass is 32.2. The number of sulfonamides is 1. The van der Waals surface area contributed by atoms with Crippen LogP contribution in [0.4, 0.5) is 15.8 Å². The fraction of sp³-hybridized carbons (Fsp3) is 0.320. The molecule has 5 heterocycles. The molecule has 2 aliphatic heterocycles. The van der Waals surface area contributed by atoms with E-state index in [9.17, 15) is 22.7 Å². The summed E-state index contributed by atoms with van der Waals surface area (Å²) in [6.45, 7) is 2.37. The molecule has 6 rings (SSSR count). The number of morpholine rings is 1. The molecule has 3 aromatic heterocycles. The van der Waals surface area contributed by atoms with E-state index in [4.69, 9.17) is 9.15 Å². The van der Waals surface area contributed by atoms with Crippen molar-refractivity contribution < 1.29 is 27.1 Å². The van der Waals surface area contributed by atoms with Gasteiger partial charge in [-0.25, -0.2) is 22.8 Å². The molecule has 0 spiro atoms. The van der Waals surface area contributed by atoms with Crippen LogP contribution in [-0.2, 0) is 21.2 Å². The van der Waals surface area contributed by atoms with E-state index in [0.717, 1.165) is 9.96 Å². The average Bonchev–Trinajstić information content (AvgIpc) is 3.53. The summed E-state index contributed by atoms with van der Waals surface area (Å²) in [6.07, 6.45) is 3.73. The fourth-order valence-corrected chi connectivity index (χ4v) is 6.29. The molecule has 198 valence electrons. The van der Waals surface area contributed by atoms with Crippen LogP contribution in [0.25, 0.3) is 17.2 Å². The van der Waals surface area contributed by atoms with E-state index in [0.29, 0.717) is 50.6 Å². The molecule has 1 aromatic carbocycles. The lowest BCUT2D eigenvalue weighted by molar-refractivity contribution is 0.122. The number of hydrogen-bond acceptors (Lipinski definition) is 9. The van der Waals surface area contributed by atoms with Crippen LogP contribution in [0.3, 0.4) is 0 Å².